The van der Waals surface area contributed by atoms with Crippen molar-refractivity contribution in [2.75, 3.05) is 19.6 Å². The molecule has 0 radical (unpaired) electrons. The van der Waals surface area contributed by atoms with Crippen LogP contribution < -0.4 is 0 Å². The van der Waals surface area contributed by atoms with Gasteiger partial charge >= 0.3 is 0 Å². The quantitative estimate of drug-likeness (QED) is 0.830. The molecule has 1 aliphatic heterocycles. The predicted molar refractivity (Wildman–Crippen MR) is 104 cm³/mol. The summed E-state index contributed by atoms with van der Waals surface area (Å²) in [6.45, 7) is 5.51. The van der Waals surface area contributed by atoms with Crippen LogP contribution in [0.3, 0.4) is 0 Å². The highest BCUT2D eigenvalue weighted by molar-refractivity contribution is 5.85. The molecule has 1 heterocycles. The highest BCUT2D eigenvalue weighted by Gasteiger charge is 2.20. The normalized spacial score (nSPS) is 17.8. The first-order chi connectivity index (χ1) is 11.2. The van der Waals surface area contributed by atoms with Crippen molar-refractivity contribution in [1.29, 1.82) is 0 Å². The minimum atomic E-state index is -0.387. The van der Waals surface area contributed by atoms with Crippen molar-refractivity contribution < 1.29 is 5.11 Å². The maximum atomic E-state index is 10.7. The molecule has 130 valence electrons. The fraction of sp³-hybridized carbons (Fsp3) is 0.429. The molecule has 0 unspecified atom stereocenters. The maximum absolute atomic E-state index is 10.7. The maximum Gasteiger partial charge on any atom is 0.0827 e. The Morgan fingerprint density at radius 1 is 0.875 bits per heavy atom. The van der Waals surface area contributed by atoms with Crippen LogP contribution in [0, 0.1) is 5.92 Å². The Kier molecular flexibility index (Phi) is 7.29. The largest absolute Gasteiger partial charge is 0.388 e. The van der Waals surface area contributed by atoms with Gasteiger partial charge in [0.25, 0.3) is 0 Å². The van der Waals surface area contributed by atoms with E-state index in [4.69, 9.17) is 0 Å². The second kappa shape index (κ2) is 9.22. The third-order valence-corrected chi connectivity index (χ3v) is 4.89. The standard InChI is InChI=1S/C21H27NO.ClH/c1-17(16-22-14-6-3-7-15-22)21(23)20-12-10-19(11-13-20)18-8-4-2-5-9-18;/h2,4-5,8-13,17,21,23H,3,6-7,14-16H2,1H3;1H/t17-,21+;/m0./s1. The number of nitrogens with zero attached hydrogens (tertiary/aromatic N) is 1. The van der Waals surface area contributed by atoms with Crippen LogP contribution in [0.25, 0.3) is 11.1 Å². The Hall–Kier alpha value is -1.35. The zero-order valence-corrected chi connectivity index (χ0v) is 15.2. The van der Waals surface area contributed by atoms with E-state index in [1.807, 2.05) is 6.07 Å². The molecule has 3 heteroatoms. The third kappa shape index (κ3) is 4.83. The smallest absolute Gasteiger partial charge is 0.0827 e. The molecule has 0 aliphatic carbocycles. The first-order valence-electron chi connectivity index (χ1n) is 8.80. The van der Waals surface area contributed by atoms with E-state index in [2.05, 4.69) is 60.4 Å². The lowest BCUT2D eigenvalue weighted by atomic mass is 9.94. The van der Waals surface area contributed by atoms with Crippen molar-refractivity contribution in [3.63, 3.8) is 0 Å². The highest BCUT2D eigenvalue weighted by Crippen LogP contribution is 2.26. The molecule has 1 aliphatic rings. The average Bonchev–Trinajstić information content (AvgIpc) is 2.63. The molecule has 1 N–H and O–H groups in total. The Balaban J connectivity index is 0.00000208. The molecule has 2 atom stereocenters. The highest BCUT2D eigenvalue weighted by atomic mass is 35.5. The predicted octanol–water partition coefficient (Wildman–Crippen LogP) is 4.93. The lowest BCUT2D eigenvalue weighted by Crippen LogP contribution is -2.35. The van der Waals surface area contributed by atoms with Crippen molar-refractivity contribution in [3.8, 4) is 11.1 Å². The fourth-order valence-electron chi connectivity index (χ4n) is 3.48. The summed E-state index contributed by atoms with van der Waals surface area (Å²) >= 11 is 0. The van der Waals surface area contributed by atoms with Crippen LogP contribution in [0.2, 0.25) is 0 Å². The minimum Gasteiger partial charge on any atom is -0.388 e. The van der Waals surface area contributed by atoms with E-state index in [0.29, 0.717) is 0 Å². The molecule has 0 amide bonds. The molecule has 2 nitrogen and oxygen atoms in total. The van der Waals surface area contributed by atoms with Crippen LogP contribution in [0.15, 0.2) is 54.6 Å². The van der Waals surface area contributed by atoms with Gasteiger partial charge in [-0.1, -0.05) is 67.9 Å². The van der Waals surface area contributed by atoms with Crippen LogP contribution in [-0.4, -0.2) is 29.6 Å². The summed E-state index contributed by atoms with van der Waals surface area (Å²) < 4.78 is 0. The van der Waals surface area contributed by atoms with Crippen LogP contribution in [0.4, 0.5) is 0 Å². The van der Waals surface area contributed by atoms with Crippen LogP contribution in [0.5, 0.6) is 0 Å². The monoisotopic (exact) mass is 345 g/mol. The summed E-state index contributed by atoms with van der Waals surface area (Å²) in [5.74, 6) is 0.260. The van der Waals surface area contributed by atoms with E-state index in [9.17, 15) is 5.11 Å². The molecule has 0 aromatic heterocycles. The number of aliphatic hydroxyl groups is 1. The fourth-order valence-corrected chi connectivity index (χ4v) is 3.48. The topological polar surface area (TPSA) is 23.5 Å². The molecule has 24 heavy (non-hydrogen) atoms. The average molecular weight is 346 g/mol. The zero-order valence-electron chi connectivity index (χ0n) is 14.4. The first kappa shape index (κ1) is 19.0. The number of piperidine rings is 1. The van der Waals surface area contributed by atoms with Crippen molar-refractivity contribution in [1.82, 2.24) is 4.90 Å². The number of likely N-dealkylation sites (tertiary alicyclic amines) is 1. The van der Waals surface area contributed by atoms with Gasteiger partial charge in [0, 0.05) is 6.54 Å². The van der Waals surface area contributed by atoms with Gasteiger partial charge in [-0.25, -0.2) is 0 Å². The molecule has 2 aromatic rings. The molecule has 1 saturated heterocycles. The van der Waals surface area contributed by atoms with Gasteiger partial charge in [-0.3, -0.25) is 0 Å². The van der Waals surface area contributed by atoms with Crippen molar-refractivity contribution in [2.24, 2.45) is 5.92 Å². The van der Waals surface area contributed by atoms with Crippen molar-refractivity contribution in [2.45, 2.75) is 32.3 Å². The summed E-state index contributed by atoms with van der Waals surface area (Å²) in [7, 11) is 0. The zero-order chi connectivity index (χ0) is 16.1. The molecule has 0 bridgehead atoms. The summed E-state index contributed by atoms with van der Waals surface area (Å²) in [5.41, 5.74) is 3.44. The summed E-state index contributed by atoms with van der Waals surface area (Å²) in [6.07, 6.45) is 3.57. The van der Waals surface area contributed by atoms with E-state index in [-0.39, 0.29) is 24.4 Å². The molecule has 0 spiro atoms. The van der Waals surface area contributed by atoms with Crippen molar-refractivity contribution in [3.05, 3.63) is 60.2 Å². The van der Waals surface area contributed by atoms with Gasteiger partial charge in [-0.15, -0.1) is 12.4 Å². The van der Waals surface area contributed by atoms with Crippen LogP contribution in [0.1, 0.15) is 37.9 Å². The van der Waals surface area contributed by atoms with Gasteiger partial charge in [0.05, 0.1) is 6.10 Å². The van der Waals surface area contributed by atoms with Gasteiger partial charge in [-0.05, 0) is 48.5 Å². The number of rotatable bonds is 5. The van der Waals surface area contributed by atoms with E-state index >= 15 is 0 Å². The van der Waals surface area contributed by atoms with Gasteiger partial charge in [0.15, 0.2) is 0 Å². The molecular formula is C21H28ClNO. The number of aliphatic hydroxyl groups excluding tert-OH is 1. The Morgan fingerprint density at radius 2 is 1.46 bits per heavy atom. The lowest BCUT2D eigenvalue weighted by molar-refractivity contribution is 0.0820. The molecular weight excluding hydrogens is 318 g/mol. The van der Waals surface area contributed by atoms with E-state index in [1.54, 1.807) is 0 Å². The second-order valence-corrected chi connectivity index (χ2v) is 6.77. The number of hydrogen-bond donors (Lipinski definition) is 1. The number of benzene rings is 2. The van der Waals surface area contributed by atoms with Crippen LogP contribution >= 0.6 is 12.4 Å². The minimum absolute atomic E-state index is 0. The first-order valence-corrected chi connectivity index (χ1v) is 8.80. The summed E-state index contributed by atoms with van der Waals surface area (Å²) in [5, 5.41) is 10.7. The second-order valence-electron chi connectivity index (χ2n) is 6.77. The lowest BCUT2D eigenvalue weighted by Gasteiger charge is -2.31. The molecule has 3 rings (SSSR count). The number of hydrogen-bond acceptors (Lipinski definition) is 2. The summed E-state index contributed by atoms with van der Waals surface area (Å²) in [6, 6.07) is 18.7. The van der Waals surface area contributed by atoms with Gasteiger partial charge in [0.2, 0.25) is 0 Å². The van der Waals surface area contributed by atoms with E-state index in [1.165, 1.54) is 43.5 Å². The van der Waals surface area contributed by atoms with E-state index < -0.39 is 0 Å². The Bertz CT molecular complexity index is 593. The van der Waals surface area contributed by atoms with E-state index in [0.717, 1.165) is 12.1 Å². The molecule has 2 aromatic carbocycles. The Morgan fingerprint density at radius 3 is 2.08 bits per heavy atom. The molecule has 0 saturated carbocycles. The van der Waals surface area contributed by atoms with Gasteiger partial charge < -0.3 is 10.0 Å². The Labute approximate surface area is 151 Å². The SMILES string of the molecule is C[C@@H](CN1CCCCC1)[C@@H](O)c1ccc(-c2ccccc2)cc1.Cl. The number of halogens is 1. The third-order valence-electron chi connectivity index (χ3n) is 4.89. The van der Waals surface area contributed by atoms with Gasteiger partial charge in [-0.2, -0.15) is 0 Å². The molecule has 1 fully saturated rings. The van der Waals surface area contributed by atoms with Crippen LogP contribution in [-0.2, 0) is 0 Å². The van der Waals surface area contributed by atoms with Gasteiger partial charge in [0.1, 0.15) is 0 Å². The summed E-state index contributed by atoms with van der Waals surface area (Å²) in [4.78, 5) is 2.50. The van der Waals surface area contributed by atoms with Crippen molar-refractivity contribution >= 4 is 12.4 Å².